The van der Waals surface area contributed by atoms with E-state index in [1.807, 2.05) is 0 Å². The van der Waals surface area contributed by atoms with Crippen LogP contribution < -0.4 is 5.73 Å². The molecule has 2 unspecified atom stereocenters. The van der Waals surface area contributed by atoms with Gasteiger partial charge in [0, 0.05) is 5.56 Å². The summed E-state index contributed by atoms with van der Waals surface area (Å²) in [6.45, 7) is 4.79. The molecule has 2 aromatic heterocycles. The summed E-state index contributed by atoms with van der Waals surface area (Å²) < 4.78 is 51.5. The molecule has 0 radical (unpaired) electrons. The van der Waals surface area contributed by atoms with Gasteiger partial charge in [0.15, 0.2) is 17.7 Å². The number of fused-ring (bicyclic) bond motifs is 1. The van der Waals surface area contributed by atoms with E-state index in [1.165, 1.54) is 42.3 Å². The molecule has 0 amide bonds. The predicted molar refractivity (Wildman–Crippen MR) is 124 cm³/mol. The number of phosphoric acid groups is 1. The van der Waals surface area contributed by atoms with Gasteiger partial charge in [-0.2, -0.15) is 0 Å². The van der Waals surface area contributed by atoms with Crippen LogP contribution in [-0.2, 0) is 22.9 Å². The van der Waals surface area contributed by atoms with Crippen molar-refractivity contribution in [3.8, 4) is 0 Å². The van der Waals surface area contributed by atoms with Crippen LogP contribution in [-0.4, -0.2) is 59.7 Å². The quantitative estimate of drug-likeness (QED) is 0.423. The van der Waals surface area contributed by atoms with Crippen LogP contribution in [0.3, 0.4) is 0 Å². The summed E-state index contributed by atoms with van der Waals surface area (Å²) >= 11 is 0. The molecule has 1 saturated heterocycles. The molecule has 36 heavy (non-hydrogen) atoms. The Bertz CT molecular complexity index is 1380. The minimum absolute atomic E-state index is 0.120. The lowest BCUT2D eigenvalue weighted by Crippen LogP contribution is -2.39. The maximum Gasteiger partial charge on any atom is 0.531 e. The highest BCUT2D eigenvalue weighted by molar-refractivity contribution is 7.49. The molecular formula is C22H25FN5O7P. The molecule has 0 bridgehead atoms. The number of hydrogen-bond acceptors (Lipinski definition) is 11. The summed E-state index contributed by atoms with van der Waals surface area (Å²) in [5.41, 5.74) is 5.70. The van der Waals surface area contributed by atoms with Crippen molar-refractivity contribution in [2.45, 2.75) is 57.0 Å². The Morgan fingerprint density at radius 3 is 2.78 bits per heavy atom. The second-order valence-corrected chi connectivity index (χ2v) is 10.6. The molecule has 3 aromatic rings. The summed E-state index contributed by atoms with van der Waals surface area (Å²) in [4.78, 5) is 12.2. The number of hydrogen-bond donors (Lipinski definition) is 3. The largest absolute Gasteiger partial charge is 0.531 e. The first-order chi connectivity index (χ1) is 17.0. The number of aromatic nitrogens is 4. The minimum atomic E-state index is -4.27. The molecule has 12 nitrogen and oxygen atoms in total. The van der Waals surface area contributed by atoms with Gasteiger partial charge in [0.05, 0.1) is 18.0 Å². The van der Waals surface area contributed by atoms with E-state index >= 15 is 0 Å². The molecule has 2 aliphatic rings. The van der Waals surface area contributed by atoms with Crippen molar-refractivity contribution in [2.75, 3.05) is 5.73 Å². The average molecular weight is 521 g/mol. The van der Waals surface area contributed by atoms with Crippen LogP contribution in [0.1, 0.15) is 32.6 Å². The van der Waals surface area contributed by atoms with Crippen LogP contribution in [0, 0.1) is 5.82 Å². The molecule has 14 heteroatoms. The number of aliphatic hydroxyl groups excluding tert-OH is 2. The maximum absolute atomic E-state index is 13.8. The van der Waals surface area contributed by atoms with Crippen molar-refractivity contribution in [3.05, 3.63) is 54.4 Å². The molecule has 192 valence electrons. The number of rotatable bonds is 5. The van der Waals surface area contributed by atoms with Gasteiger partial charge in [-0.1, -0.05) is 12.1 Å². The minimum Gasteiger partial charge on any atom is -0.404 e. The molecule has 0 spiro atoms. The Balaban J connectivity index is 1.37. The normalized spacial score (nSPS) is 30.7. The maximum atomic E-state index is 13.8. The SMILES string of the molecule is CC(OP1(=O)OC(c2cccc(F)c2)=CC(C)(C)O1)[C@H]1O[C@@H](n2cnc3c(N)ncnc32)[C@H](O)[C@@H]1O. The lowest BCUT2D eigenvalue weighted by molar-refractivity contribution is -0.0806. The molecule has 5 rings (SSSR count). The molecule has 6 atom stereocenters. The van der Waals surface area contributed by atoms with Crippen LogP contribution >= 0.6 is 7.82 Å². The Hall–Kier alpha value is -2.93. The topological polar surface area (TPSA) is 164 Å². The molecule has 1 fully saturated rings. The van der Waals surface area contributed by atoms with E-state index in [1.54, 1.807) is 26.0 Å². The van der Waals surface area contributed by atoms with E-state index < -0.39 is 49.9 Å². The van der Waals surface area contributed by atoms with E-state index in [9.17, 15) is 19.2 Å². The Morgan fingerprint density at radius 1 is 1.25 bits per heavy atom. The lowest BCUT2D eigenvalue weighted by Gasteiger charge is -2.35. The van der Waals surface area contributed by atoms with E-state index in [2.05, 4.69) is 15.0 Å². The number of halogens is 1. The van der Waals surface area contributed by atoms with Gasteiger partial charge in [0.25, 0.3) is 0 Å². The zero-order valence-electron chi connectivity index (χ0n) is 19.6. The van der Waals surface area contributed by atoms with Crippen molar-refractivity contribution in [1.29, 1.82) is 0 Å². The van der Waals surface area contributed by atoms with Gasteiger partial charge in [-0.15, -0.1) is 0 Å². The van der Waals surface area contributed by atoms with Gasteiger partial charge < -0.3 is 25.2 Å². The number of anilines is 1. The van der Waals surface area contributed by atoms with Gasteiger partial charge >= 0.3 is 7.82 Å². The van der Waals surface area contributed by atoms with Crippen LogP contribution in [0.4, 0.5) is 10.2 Å². The number of ether oxygens (including phenoxy) is 1. The van der Waals surface area contributed by atoms with Gasteiger partial charge in [0.2, 0.25) is 0 Å². The monoisotopic (exact) mass is 521 g/mol. The van der Waals surface area contributed by atoms with Crippen molar-refractivity contribution >= 4 is 30.6 Å². The number of imidazole rings is 1. The first-order valence-corrected chi connectivity index (χ1v) is 12.5. The molecule has 4 N–H and O–H groups in total. The fourth-order valence-electron chi connectivity index (χ4n) is 4.24. The summed E-state index contributed by atoms with van der Waals surface area (Å²) in [6, 6.07) is 5.60. The number of nitrogens with two attached hydrogens (primary N) is 1. The van der Waals surface area contributed by atoms with Crippen molar-refractivity contribution in [2.24, 2.45) is 0 Å². The third kappa shape index (κ3) is 4.49. The number of benzene rings is 1. The predicted octanol–water partition coefficient (Wildman–Crippen LogP) is 2.55. The number of phosphoric ester groups is 1. The van der Waals surface area contributed by atoms with Gasteiger partial charge in [0.1, 0.15) is 41.7 Å². The lowest BCUT2D eigenvalue weighted by atomic mass is 10.1. The number of nitrogen functional groups attached to an aromatic ring is 1. The highest BCUT2D eigenvalue weighted by Gasteiger charge is 2.50. The van der Waals surface area contributed by atoms with Crippen LogP contribution in [0.2, 0.25) is 0 Å². The molecule has 0 aliphatic carbocycles. The second-order valence-electron chi connectivity index (χ2n) is 9.12. The van der Waals surface area contributed by atoms with Gasteiger partial charge in [-0.3, -0.25) is 13.6 Å². The van der Waals surface area contributed by atoms with Crippen LogP contribution in [0.15, 0.2) is 43.0 Å². The van der Waals surface area contributed by atoms with E-state index in [-0.39, 0.29) is 11.6 Å². The van der Waals surface area contributed by atoms with Crippen molar-refractivity contribution < 1.29 is 37.5 Å². The van der Waals surface area contributed by atoms with Crippen LogP contribution in [0.25, 0.3) is 16.9 Å². The highest BCUT2D eigenvalue weighted by Crippen LogP contribution is 2.60. The second kappa shape index (κ2) is 8.87. The average Bonchev–Trinajstić information content (AvgIpc) is 3.34. The fourth-order valence-corrected chi connectivity index (χ4v) is 5.92. The summed E-state index contributed by atoms with van der Waals surface area (Å²) in [7, 11) is -4.27. The van der Waals surface area contributed by atoms with Gasteiger partial charge in [-0.25, -0.2) is 23.9 Å². The highest BCUT2D eigenvalue weighted by atomic mass is 31.2. The first-order valence-electron chi connectivity index (χ1n) is 11.1. The standard InChI is InChI=1S/C22H25FN5O7P/c1-11(33-36(31)34-14(8-22(2,3)35-36)12-5-4-6-13(23)7-12)18-16(29)17(30)21(32-18)28-10-27-15-19(24)25-9-26-20(15)28/h4-11,16-18,21,29-30H,1-3H3,(H2,24,25,26)/t11?,16-,17+,18+,21+,36?/m0/s1. The fraction of sp³-hybridized carbons (Fsp3) is 0.409. The molecule has 0 saturated carbocycles. The Morgan fingerprint density at radius 2 is 2.03 bits per heavy atom. The zero-order chi connectivity index (χ0) is 25.8. The number of nitrogens with zero attached hydrogens (tertiary/aromatic N) is 4. The van der Waals surface area contributed by atoms with Crippen LogP contribution in [0.5, 0.6) is 0 Å². The van der Waals surface area contributed by atoms with E-state index in [4.69, 9.17) is 24.0 Å². The third-order valence-electron chi connectivity index (χ3n) is 5.84. The van der Waals surface area contributed by atoms with Crippen molar-refractivity contribution in [1.82, 2.24) is 19.5 Å². The molecule has 4 heterocycles. The summed E-state index contributed by atoms with van der Waals surface area (Å²) in [6.07, 6.45) is -1.96. The third-order valence-corrected chi connectivity index (χ3v) is 7.54. The molecule has 1 aromatic carbocycles. The first kappa shape index (κ1) is 24.8. The zero-order valence-corrected chi connectivity index (χ0v) is 20.4. The molecular weight excluding hydrogens is 496 g/mol. The molecule has 2 aliphatic heterocycles. The summed E-state index contributed by atoms with van der Waals surface area (Å²) in [5, 5.41) is 21.4. The Kier molecular flexibility index (Phi) is 6.10. The van der Waals surface area contributed by atoms with E-state index in [0.717, 1.165) is 0 Å². The summed E-state index contributed by atoms with van der Waals surface area (Å²) in [5.74, 6) is -0.226. The van der Waals surface area contributed by atoms with Gasteiger partial charge in [-0.05, 0) is 39.0 Å². The van der Waals surface area contributed by atoms with E-state index in [0.29, 0.717) is 16.7 Å². The Labute approximate surface area is 205 Å². The smallest absolute Gasteiger partial charge is 0.404 e. The number of aliphatic hydroxyl groups is 2. The van der Waals surface area contributed by atoms with Crippen molar-refractivity contribution in [3.63, 3.8) is 0 Å².